The van der Waals surface area contributed by atoms with E-state index in [1.165, 1.54) is 4.68 Å². The molecule has 0 spiro atoms. The number of hydrogen-bond acceptors (Lipinski definition) is 7. The van der Waals surface area contributed by atoms with Gasteiger partial charge in [-0.2, -0.15) is 18.4 Å². The highest BCUT2D eigenvalue weighted by molar-refractivity contribution is 5.61. The minimum Gasteiger partial charge on any atom is -0.388 e. The quantitative estimate of drug-likeness (QED) is 0.639. The van der Waals surface area contributed by atoms with Gasteiger partial charge in [0.1, 0.15) is 17.3 Å². The van der Waals surface area contributed by atoms with Crippen LogP contribution >= 0.6 is 0 Å². The van der Waals surface area contributed by atoms with E-state index in [-0.39, 0.29) is 18.3 Å². The first-order valence-electron chi connectivity index (χ1n) is 9.45. The van der Waals surface area contributed by atoms with Crippen molar-refractivity contribution in [3.63, 3.8) is 0 Å². The van der Waals surface area contributed by atoms with E-state index in [1.54, 1.807) is 18.3 Å². The lowest BCUT2D eigenvalue weighted by atomic mass is 9.72. The number of pyridine rings is 2. The molecule has 1 saturated carbocycles. The Hall–Kier alpha value is -3.52. The zero-order valence-corrected chi connectivity index (χ0v) is 16.4. The summed E-state index contributed by atoms with van der Waals surface area (Å²) < 4.78 is 40.3. The van der Waals surface area contributed by atoms with Gasteiger partial charge in [-0.05, 0) is 49.6 Å². The third-order valence-corrected chi connectivity index (χ3v) is 5.01. The first kappa shape index (κ1) is 20.7. The Bertz CT molecular complexity index is 1150. The maximum atomic E-state index is 12.9. The molecule has 4 rings (SSSR count). The summed E-state index contributed by atoms with van der Waals surface area (Å²) >= 11 is 0. The standard InChI is InChI=1S/C20H18F3N7O/c1-12-4-15(16-10-30(29-28-16)11-19(31)7-13(8-19)9-24)26-18(5-12)27-17-6-14(2-3-25-17)20(21,22)23/h2-6,10,13,31H,7-8,11H2,1H3,(H,25,26,27)/t13-,19+. The van der Waals surface area contributed by atoms with E-state index in [2.05, 4.69) is 31.7 Å². The fraction of sp³-hybridized carbons (Fsp3) is 0.350. The highest BCUT2D eigenvalue weighted by atomic mass is 19.4. The molecule has 0 amide bonds. The van der Waals surface area contributed by atoms with E-state index in [0.29, 0.717) is 30.0 Å². The summed E-state index contributed by atoms with van der Waals surface area (Å²) in [5.41, 5.74) is -0.0653. The Morgan fingerprint density at radius 3 is 2.74 bits per heavy atom. The minimum atomic E-state index is -4.47. The van der Waals surface area contributed by atoms with E-state index in [1.807, 2.05) is 6.92 Å². The molecule has 8 nitrogen and oxygen atoms in total. The van der Waals surface area contributed by atoms with E-state index >= 15 is 0 Å². The van der Waals surface area contributed by atoms with Gasteiger partial charge in [-0.25, -0.2) is 14.6 Å². The van der Waals surface area contributed by atoms with Crippen LogP contribution in [0, 0.1) is 24.2 Å². The minimum absolute atomic E-state index is 0.0155. The summed E-state index contributed by atoms with van der Waals surface area (Å²) in [7, 11) is 0. The van der Waals surface area contributed by atoms with Crippen LogP contribution in [-0.4, -0.2) is 35.7 Å². The summed E-state index contributed by atoms with van der Waals surface area (Å²) in [6, 6.07) is 7.38. The van der Waals surface area contributed by atoms with Gasteiger partial charge in [-0.3, -0.25) is 0 Å². The Morgan fingerprint density at radius 1 is 1.26 bits per heavy atom. The molecule has 0 aliphatic heterocycles. The van der Waals surface area contributed by atoms with Gasteiger partial charge in [0.15, 0.2) is 0 Å². The maximum absolute atomic E-state index is 12.9. The topological polar surface area (TPSA) is 113 Å². The average Bonchev–Trinajstić information content (AvgIpc) is 3.13. The number of anilines is 2. The number of aromatic nitrogens is 5. The van der Waals surface area contributed by atoms with Crippen LogP contribution in [-0.2, 0) is 12.7 Å². The average molecular weight is 429 g/mol. The molecule has 0 bridgehead atoms. The Morgan fingerprint density at radius 2 is 2.03 bits per heavy atom. The van der Waals surface area contributed by atoms with Gasteiger partial charge in [0.2, 0.25) is 0 Å². The second-order valence-electron chi connectivity index (χ2n) is 7.73. The fourth-order valence-corrected chi connectivity index (χ4v) is 3.54. The first-order valence-corrected chi connectivity index (χ1v) is 9.45. The summed E-state index contributed by atoms with van der Waals surface area (Å²) in [6.45, 7) is 2.03. The van der Waals surface area contributed by atoms with Gasteiger partial charge < -0.3 is 10.4 Å². The molecule has 0 unspecified atom stereocenters. The number of halogens is 3. The Balaban J connectivity index is 1.53. The van der Waals surface area contributed by atoms with Crippen molar-refractivity contribution in [3.05, 3.63) is 47.8 Å². The van der Waals surface area contributed by atoms with Crippen LogP contribution in [0.3, 0.4) is 0 Å². The molecule has 0 radical (unpaired) electrons. The van der Waals surface area contributed by atoms with Crippen LogP contribution in [0.4, 0.5) is 24.8 Å². The predicted octanol–water partition coefficient (Wildman–Crippen LogP) is 3.47. The number of nitrogens with one attached hydrogen (secondary N) is 1. The number of rotatable bonds is 5. The number of alkyl halides is 3. The van der Waals surface area contributed by atoms with E-state index < -0.39 is 17.3 Å². The maximum Gasteiger partial charge on any atom is 0.416 e. The lowest BCUT2D eigenvalue weighted by Crippen LogP contribution is -2.46. The molecular weight excluding hydrogens is 411 g/mol. The molecule has 1 aliphatic carbocycles. The first-order chi connectivity index (χ1) is 14.6. The zero-order chi connectivity index (χ0) is 22.2. The second kappa shape index (κ2) is 7.63. The van der Waals surface area contributed by atoms with Crippen molar-refractivity contribution in [1.29, 1.82) is 5.26 Å². The molecule has 1 aliphatic rings. The lowest BCUT2D eigenvalue weighted by molar-refractivity contribution is -0.137. The van der Waals surface area contributed by atoms with Crippen LogP contribution < -0.4 is 5.32 Å². The van der Waals surface area contributed by atoms with Gasteiger partial charge in [-0.15, -0.1) is 5.10 Å². The Kier molecular flexibility index (Phi) is 5.10. The number of nitrogens with zero attached hydrogens (tertiary/aromatic N) is 6. The molecule has 3 heterocycles. The van der Waals surface area contributed by atoms with Crippen molar-refractivity contribution in [2.45, 2.75) is 38.1 Å². The molecule has 11 heteroatoms. The third-order valence-electron chi connectivity index (χ3n) is 5.01. The van der Waals surface area contributed by atoms with Gasteiger partial charge in [0, 0.05) is 6.20 Å². The SMILES string of the molecule is Cc1cc(Nc2cc(C(F)(F)F)ccn2)nc(-c2cn(C[C@]3(O)C[C@@H](C#N)C3)nn2)c1. The van der Waals surface area contributed by atoms with E-state index in [0.717, 1.165) is 23.9 Å². The van der Waals surface area contributed by atoms with Crippen molar-refractivity contribution >= 4 is 11.6 Å². The van der Waals surface area contributed by atoms with Gasteiger partial charge >= 0.3 is 6.18 Å². The summed E-state index contributed by atoms with van der Waals surface area (Å²) in [4.78, 5) is 8.33. The largest absolute Gasteiger partial charge is 0.416 e. The normalized spacial score (nSPS) is 20.7. The molecule has 160 valence electrons. The van der Waals surface area contributed by atoms with Crippen molar-refractivity contribution in [3.8, 4) is 17.5 Å². The molecule has 0 aromatic carbocycles. The number of hydrogen-bond donors (Lipinski definition) is 2. The molecule has 1 fully saturated rings. The van der Waals surface area contributed by atoms with Crippen molar-refractivity contribution < 1.29 is 18.3 Å². The molecule has 2 N–H and O–H groups in total. The van der Waals surface area contributed by atoms with Crippen LogP contribution in [0.15, 0.2) is 36.7 Å². The second-order valence-corrected chi connectivity index (χ2v) is 7.73. The molecule has 31 heavy (non-hydrogen) atoms. The van der Waals surface area contributed by atoms with Crippen molar-refractivity contribution in [1.82, 2.24) is 25.0 Å². The molecule has 3 aromatic rings. The van der Waals surface area contributed by atoms with E-state index in [9.17, 15) is 18.3 Å². The van der Waals surface area contributed by atoms with Crippen LogP contribution in [0.2, 0.25) is 0 Å². The third kappa shape index (κ3) is 4.64. The fourth-order valence-electron chi connectivity index (χ4n) is 3.54. The van der Waals surface area contributed by atoms with Crippen molar-refractivity contribution in [2.24, 2.45) is 5.92 Å². The predicted molar refractivity (Wildman–Crippen MR) is 104 cm³/mol. The molecule has 3 aromatic heterocycles. The number of aliphatic hydroxyl groups is 1. The van der Waals surface area contributed by atoms with Gasteiger partial charge in [0.25, 0.3) is 0 Å². The highest BCUT2D eigenvalue weighted by Gasteiger charge is 2.43. The van der Waals surface area contributed by atoms with Crippen LogP contribution in [0.1, 0.15) is 24.0 Å². The monoisotopic (exact) mass is 429 g/mol. The smallest absolute Gasteiger partial charge is 0.388 e. The number of aryl methyl sites for hydroxylation is 1. The zero-order valence-electron chi connectivity index (χ0n) is 16.4. The van der Waals surface area contributed by atoms with Gasteiger partial charge in [-0.1, -0.05) is 5.21 Å². The van der Waals surface area contributed by atoms with Gasteiger partial charge in [0.05, 0.1) is 41.6 Å². The molecule has 0 atom stereocenters. The highest BCUT2D eigenvalue weighted by Crippen LogP contribution is 2.38. The Labute approximate surface area is 175 Å². The lowest BCUT2D eigenvalue weighted by Gasteiger charge is -2.39. The molecule has 0 saturated heterocycles. The summed E-state index contributed by atoms with van der Waals surface area (Å²) in [5.74, 6) is 0.178. The van der Waals surface area contributed by atoms with E-state index in [4.69, 9.17) is 5.26 Å². The molecular formula is C20H18F3N7O. The van der Waals surface area contributed by atoms with Crippen LogP contribution in [0.25, 0.3) is 11.4 Å². The summed E-state index contributed by atoms with van der Waals surface area (Å²) in [6.07, 6.45) is -0.985. The van der Waals surface area contributed by atoms with Crippen molar-refractivity contribution in [2.75, 3.05) is 5.32 Å². The number of nitriles is 1. The summed E-state index contributed by atoms with van der Waals surface area (Å²) in [5, 5.41) is 30.2. The van der Waals surface area contributed by atoms with Crippen LogP contribution in [0.5, 0.6) is 0 Å².